The molecule has 3 heterocycles. The summed E-state index contributed by atoms with van der Waals surface area (Å²) in [5.74, 6) is 0.689. The molecule has 0 radical (unpaired) electrons. The van der Waals surface area contributed by atoms with E-state index >= 15 is 0 Å². The third kappa shape index (κ3) is 5.19. The van der Waals surface area contributed by atoms with Crippen LogP contribution in [0, 0.1) is 0 Å². The number of para-hydroxylation sites is 2. The van der Waals surface area contributed by atoms with Crippen LogP contribution in [0.3, 0.4) is 0 Å². The van der Waals surface area contributed by atoms with Crippen LogP contribution in [0.2, 0.25) is 0 Å². The van der Waals surface area contributed by atoms with Gasteiger partial charge in [-0.05, 0) is 85.9 Å². The molecular formula is C51H32N4. The Morgan fingerprint density at radius 3 is 1.36 bits per heavy atom. The van der Waals surface area contributed by atoms with Crippen LogP contribution in [0.5, 0.6) is 0 Å². The summed E-state index contributed by atoms with van der Waals surface area (Å²) in [4.78, 5) is 14.8. The van der Waals surface area contributed by atoms with Gasteiger partial charge in [0.25, 0.3) is 0 Å². The number of hydrogen-bond acceptors (Lipinski definition) is 3. The maximum atomic E-state index is 5.28. The highest BCUT2D eigenvalue weighted by atomic mass is 15.0. The molecule has 55 heavy (non-hydrogen) atoms. The molecule has 8 aromatic carbocycles. The van der Waals surface area contributed by atoms with Gasteiger partial charge >= 0.3 is 0 Å². The molecule has 11 rings (SSSR count). The zero-order valence-corrected chi connectivity index (χ0v) is 29.8. The number of aromatic nitrogens is 4. The molecule has 0 saturated heterocycles. The molecule has 3 aromatic heterocycles. The van der Waals surface area contributed by atoms with E-state index in [9.17, 15) is 0 Å². The summed E-state index contributed by atoms with van der Waals surface area (Å²) in [7, 11) is 0. The van der Waals surface area contributed by atoms with Gasteiger partial charge in [0.15, 0.2) is 5.82 Å². The van der Waals surface area contributed by atoms with E-state index in [1.54, 1.807) is 6.20 Å². The molecule has 0 aliphatic rings. The Labute approximate surface area is 317 Å². The minimum absolute atomic E-state index is 0.689. The van der Waals surface area contributed by atoms with Crippen LogP contribution in [0.4, 0.5) is 0 Å². The Kier molecular flexibility index (Phi) is 7.14. The Hall–Kier alpha value is -7.43. The normalized spacial score (nSPS) is 11.6. The van der Waals surface area contributed by atoms with Crippen LogP contribution >= 0.6 is 0 Å². The number of hydrogen-bond donors (Lipinski definition) is 0. The van der Waals surface area contributed by atoms with Gasteiger partial charge in [-0.2, -0.15) is 0 Å². The van der Waals surface area contributed by atoms with Crippen LogP contribution in [0.1, 0.15) is 0 Å². The zero-order chi connectivity index (χ0) is 36.3. The molecule has 0 atom stereocenters. The molecule has 0 aliphatic heterocycles. The molecule has 0 bridgehead atoms. The molecule has 256 valence electrons. The maximum absolute atomic E-state index is 5.28. The Morgan fingerprint density at radius 2 is 0.800 bits per heavy atom. The number of benzene rings is 8. The van der Waals surface area contributed by atoms with Gasteiger partial charge in [-0.3, -0.25) is 4.98 Å². The van der Waals surface area contributed by atoms with Crippen LogP contribution < -0.4 is 0 Å². The highest BCUT2D eigenvalue weighted by Crippen LogP contribution is 2.38. The summed E-state index contributed by atoms with van der Waals surface area (Å²) in [6, 6.07) is 64.8. The molecule has 0 fully saturated rings. The third-order valence-corrected chi connectivity index (χ3v) is 10.9. The van der Waals surface area contributed by atoms with Crippen LogP contribution in [0.15, 0.2) is 194 Å². The van der Waals surface area contributed by atoms with E-state index in [-0.39, 0.29) is 0 Å². The fraction of sp³-hybridized carbons (Fsp3) is 0. The summed E-state index contributed by atoms with van der Waals surface area (Å²) in [6.45, 7) is 0. The third-order valence-electron chi connectivity index (χ3n) is 10.9. The average Bonchev–Trinajstić information content (AvgIpc) is 3.61. The quantitative estimate of drug-likeness (QED) is 0.168. The van der Waals surface area contributed by atoms with E-state index in [0.29, 0.717) is 5.82 Å². The van der Waals surface area contributed by atoms with Crippen molar-refractivity contribution in [2.75, 3.05) is 0 Å². The molecule has 11 aromatic rings. The van der Waals surface area contributed by atoms with E-state index < -0.39 is 0 Å². The molecular weight excluding hydrogens is 669 g/mol. The standard InChI is InChI=1S/C51H32N4/c1-2-13-41-39(11-1)40-12-3-4-14-42(40)46-30-36(25-28-43(41)46)51-53-47(34-21-19-33(20-22-34)37-10-9-29-52-32-37)31-48(54-51)35-23-26-38(27-24-35)55-49-17-7-5-15-44(49)45-16-6-8-18-50(45)55/h1-32H. The monoisotopic (exact) mass is 700 g/mol. The van der Waals surface area contributed by atoms with Gasteiger partial charge in [0.05, 0.1) is 22.4 Å². The molecule has 0 aliphatic carbocycles. The summed E-state index contributed by atoms with van der Waals surface area (Å²) in [6.07, 6.45) is 3.70. The molecule has 0 spiro atoms. The van der Waals surface area contributed by atoms with Gasteiger partial charge in [-0.15, -0.1) is 0 Å². The topological polar surface area (TPSA) is 43.6 Å². The summed E-state index contributed by atoms with van der Waals surface area (Å²) < 4.78 is 2.35. The van der Waals surface area contributed by atoms with E-state index in [1.807, 2.05) is 12.3 Å². The van der Waals surface area contributed by atoms with E-state index in [0.717, 1.165) is 44.9 Å². The van der Waals surface area contributed by atoms with Crippen LogP contribution in [-0.2, 0) is 0 Å². The van der Waals surface area contributed by atoms with E-state index in [4.69, 9.17) is 9.97 Å². The fourth-order valence-corrected chi connectivity index (χ4v) is 8.27. The van der Waals surface area contributed by atoms with Gasteiger partial charge in [-0.25, -0.2) is 9.97 Å². The summed E-state index contributed by atoms with van der Waals surface area (Å²) in [5.41, 5.74) is 10.4. The second kappa shape index (κ2) is 12.6. The van der Waals surface area contributed by atoms with Crippen molar-refractivity contribution in [1.29, 1.82) is 0 Å². The first kappa shape index (κ1) is 31.1. The number of rotatable bonds is 5. The van der Waals surface area contributed by atoms with Crippen LogP contribution in [-0.4, -0.2) is 19.5 Å². The lowest BCUT2D eigenvalue weighted by Gasteiger charge is -2.13. The van der Waals surface area contributed by atoms with Crippen molar-refractivity contribution in [1.82, 2.24) is 19.5 Å². The SMILES string of the molecule is c1cncc(-c2ccc(-c3cc(-c4ccc(-n5c6ccccc6c6ccccc65)cc4)nc(-c4ccc5c6ccccc6c6ccccc6c5c4)n3)cc2)c1. The molecule has 4 heteroatoms. The minimum atomic E-state index is 0.689. The van der Waals surface area contributed by atoms with Crippen molar-refractivity contribution >= 4 is 54.1 Å². The first-order valence-electron chi connectivity index (χ1n) is 18.6. The van der Waals surface area contributed by atoms with Gasteiger partial charge in [0.1, 0.15) is 0 Å². The molecule has 4 nitrogen and oxygen atoms in total. The number of nitrogens with zero attached hydrogens (tertiary/aromatic N) is 4. The Balaban J connectivity index is 1.07. The van der Waals surface area contributed by atoms with Gasteiger partial charge in [-0.1, -0.05) is 140 Å². The number of fused-ring (bicyclic) bond motifs is 9. The Morgan fingerprint density at radius 1 is 0.327 bits per heavy atom. The first-order valence-corrected chi connectivity index (χ1v) is 18.6. The Bertz CT molecular complexity index is 3150. The van der Waals surface area contributed by atoms with E-state index in [1.165, 1.54) is 54.1 Å². The van der Waals surface area contributed by atoms with Gasteiger partial charge in [0, 0.05) is 45.5 Å². The molecule has 0 saturated carbocycles. The molecule has 0 unspecified atom stereocenters. The number of pyridine rings is 1. The second-order valence-corrected chi connectivity index (χ2v) is 14.0. The maximum Gasteiger partial charge on any atom is 0.160 e. The smallest absolute Gasteiger partial charge is 0.160 e. The van der Waals surface area contributed by atoms with E-state index in [2.05, 4.69) is 185 Å². The zero-order valence-electron chi connectivity index (χ0n) is 29.8. The predicted octanol–water partition coefficient (Wildman–Crippen LogP) is 13.1. The molecule has 0 N–H and O–H groups in total. The van der Waals surface area contributed by atoms with Crippen molar-refractivity contribution in [2.24, 2.45) is 0 Å². The van der Waals surface area contributed by atoms with Crippen molar-refractivity contribution < 1.29 is 0 Å². The predicted molar refractivity (Wildman–Crippen MR) is 228 cm³/mol. The second-order valence-electron chi connectivity index (χ2n) is 14.0. The summed E-state index contributed by atoms with van der Waals surface area (Å²) in [5, 5.41) is 9.89. The minimum Gasteiger partial charge on any atom is -0.309 e. The van der Waals surface area contributed by atoms with Crippen molar-refractivity contribution in [2.45, 2.75) is 0 Å². The lowest BCUT2D eigenvalue weighted by atomic mass is 9.93. The lowest BCUT2D eigenvalue weighted by molar-refractivity contribution is 1.17. The largest absolute Gasteiger partial charge is 0.309 e. The van der Waals surface area contributed by atoms with Gasteiger partial charge < -0.3 is 4.57 Å². The highest BCUT2D eigenvalue weighted by molar-refractivity contribution is 6.25. The van der Waals surface area contributed by atoms with Crippen molar-refractivity contribution in [3.63, 3.8) is 0 Å². The fourth-order valence-electron chi connectivity index (χ4n) is 8.27. The molecule has 0 amide bonds. The van der Waals surface area contributed by atoms with Crippen molar-refractivity contribution in [3.8, 4) is 50.7 Å². The highest BCUT2D eigenvalue weighted by Gasteiger charge is 2.16. The summed E-state index contributed by atoms with van der Waals surface area (Å²) >= 11 is 0. The first-order chi connectivity index (χ1) is 27.3. The lowest BCUT2D eigenvalue weighted by Crippen LogP contribution is -1.97. The van der Waals surface area contributed by atoms with Gasteiger partial charge in [0.2, 0.25) is 0 Å². The van der Waals surface area contributed by atoms with Crippen LogP contribution in [0.25, 0.3) is 105 Å². The van der Waals surface area contributed by atoms with Crippen molar-refractivity contribution in [3.05, 3.63) is 194 Å². The average molecular weight is 701 g/mol.